The average molecular weight is 221 g/mol. The van der Waals surface area contributed by atoms with Crippen LogP contribution in [0.2, 0.25) is 0 Å². The van der Waals surface area contributed by atoms with Gasteiger partial charge >= 0.3 is 5.97 Å². The van der Waals surface area contributed by atoms with Crippen molar-refractivity contribution in [2.45, 2.75) is 50.7 Å². The predicted molar refractivity (Wildman–Crippen MR) is 60.6 cm³/mol. The van der Waals surface area contributed by atoms with Gasteiger partial charge in [0.1, 0.15) is 6.10 Å². The number of cyclic esters (lactones) is 1. The Morgan fingerprint density at radius 3 is 3.12 bits per heavy atom. The van der Waals surface area contributed by atoms with Gasteiger partial charge in [-0.15, -0.1) is 0 Å². The average Bonchev–Trinajstić information content (AvgIpc) is 2.47. The summed E-state index contributed by atoms with van der Waals surface area (Å²) in [5.41, 5.74) is 7.43. The summed E-state index contributed by atoms with van der Waals surface area (Å²) in [6.45, 7) is 1.93. The largest absolute Gasteiger partial charge is 0.460 e. The van der Waals surface area contributed by atoms with Gasteiger partial charge in [0, 0.05) is 0 Å². The lowest BCUT2D eigenvalue weighted by Gasteiger charge is -2.40. The van der Waals surface area contributed by atoms with Crippen LogP contribution in [0.5, 0.6) is 0 Å². The third-order valence-electron chi connectivity index (χ3n) is 4.66. The Bertz CT molecular complexity index is 363. The van der Waals surface area contributed by atoms with E-state index in [9.17, 15) is 4.79 Å². The van der Waals surface area contributed by atoms with Gasteiger partial charge in [0.15, 0.2) is 0 Å². The van der Waals surface area contributed by atoms with Crippen LogP contribution < -0.4 is 5.73 Å². The number of nitrogens with two attached hydrogens (primary N) is 1. The Balaban J connectivity index is 1.98. The normalized spacial score (nSPS) is 46.8. The standard InChI is InChI=1S/C13H19NO2/c1-8-13(14)7-10-5-3-2-4-9(10)6-11(13)12(15)16-8/h6,8,10-11H,2-5,7,14H2,1H3. The lowest BCUT2D eigenvalue weighted by molar-refractivity contribution is -0.142. The van der Waals surface area contributed by atoms with E-state index in [2.05, 4.69) is 6.08 Å². The van der Waals surface area contributed by atoms with E-state index in [1.54, 1.807) is 0 Å². The maximum absolute atomic E-state index is 11.8. The molecule has 3 heteroatoms. The van der Waals surface area contributed by atoms with Crippen LogP contribution in [0, 0.1) is 11.8 Å². The second kappa shape index (κ2) is 3.33. The highest BCUT2D eigenvalue weighted by Crippen LogP contribution is 2.47. The molecule has 0 bridgehead atoms. The van der Waals surface area contributed by atoms with Crippen LogP contribution in [0.25, 0.3) is 0 Å². The van der Waals surface area contributed by atoms with Crippen molar-refractivity contribution in [3.63, 3.8) is 0 Å². The molecule has 2 fully saturated rings. The SMILES string of the molecule is CC1OC(=O)C2C=C3CCCCC3CC12N. The molecule has 0 amide bonds. The van der Waals surface area contributed by atoms with Crippen molar-refractivity contribution in [1.82, 2.24) is 0 Å². The smallest absolute Gasteiger partial charge is 0.315 e. The Morgan fingerprint density at radius 1 is 1.50 bits per heavy atom. The third-order valence-corrected chi connectivity index (χ3v) is 4.66. The van der Waals surface area contributed by atoms with Crippen molar-refractivity contribution < 1.29 is 9.53 Å². The first kappa shape index (κ1) is 10.3. The Kier molecular flexibility index (Phi) is 2.15. The van der Waals surface area contributed by atoms with Crippen LogP contribution in [-0.4, -0.2) is 17.6 Å². The van der Waals surface area contributed by atoms with Gasteiger partial charge in [0.25, 0.3) is 0 Å². The van der Waals surface area contributed by atoms with E-state index >= 15 is 0 Å². The summed E-state index contributed by atoms with van der Waals surface area (Å²) >= 11 is 0. The number of carbonyl (C=O) groups is 1. The molecule has 1 saturated heterocycles. The molecule has 3 aliphatic rings. The van der Waals surface area contributed by atoms with E-state index in [1.807, 2.05) is 6.92 Å². The Morgan fingerprint density at radius 2 is 2.31 bits per heavy atom. The zero-order chi connectivity index (χ0) is 11.3. The van der Waals surface area contributed by atoms with Gasteiger partial charge in [-0.05, 0) is 38.5 Å². The minimum Gasteiger partial charge on any atom is -0.460 e. The lowest BCUT2D eigenvalue weighted by Crippen LogP contribution is -2.54. The number of esters is 1. The van der Waals surface area contributed by atoms with Crippen LogP contribution in [0.1, 0.15) is 39.0 Å². The molecule has 4 unspecified atom stereocenters. The topological polar surface area (TPSA) is 52.3 Å². The second-order valence-corrected chi connectivity index (χ2v) is 5.56. The highest BCUT2D eigenvalue weighted by molar-refractivity contribution is 5.80. The molecule has 88 valence electrons. The van der Waals surface area contributed by atoms with E-state index in [4.69, 9.17) is 10.5 Å². The summed E-state index contributed by atoms with van der Waals surface area (Å²) in [6, 6.07) is 0. The molecular weight excluding hydrogens is 202 g/mol. The molecule has 3 rings (SSSR count). The quantitative estimate of drug-likeness (QED) is 0.501. The van der Waals surface area contributed by atoms with Crippen LogP contribution >= 0.6 is 0 Å². The van der Waals surface area contributed by atoms with Crippen molar-refractivity contribution in [3.05, 3.63) is 11.6 Å². The van der Waals surface area contributed by atoms with Crippen molar-refractivity contribution in [3.8, 4) is 0 Å². The maximum atomic E-state index is 11.8. The second-order valence-electron chi connectivity index (χ2n) is 5.56. The molecular formula is C13H19NO2. The molecule has 1 saturated carbocycles. The first-order chi connectivity index (χ1) is 7.61. The summed E-state index contributed by atoms with van der Waals surface area (Å²) in [7, 11) is 0. The van der Waals surface area contributed by atoms with Gasteiger partial charge in [-0.2, -0.15) is 0 Å². The van der Waals surface area contributed by atoms with Crippen LogP contribution in [0.4, 0.5) is 0 Å². The van der Waals surface area contributed by atoms with Gasteiger partial charge in [0.2, 0.25) is 0 Å². The third kappa shape index (κ3) is 1.27. The zero-order valence-corrected chi connectivity index (χ0v) is 9.74. The van der Waals surface area contributed by atoms with E-state index in [-0.39, 0.29) is 18.0 Å². The monoisotopic (exact) mass is 221 g/mol. The number of carbonyl (C=O) groups excluding carboxylic acids is 1. The predicted octanol–water partition coefficient (Wildman–Crippen LogP) is 1.77. The minimum atomic E-state index is -0.442. The molecule has 0 aromatic carbocycles. The Labute approximate surface area is 96.0 Å². The first-order valence-corrected chi connectivity index (χ1v) is 6.31. The summed E-state index contributed by atoms with van der Waals surface area (Å²) in [5, 5.41) is 0. The maximum Gasteiger partial charge on any atom is 0.315 e. The van der Waals surface area contributed by atoms with E-state index in [0.717, 1.165) is 12.8 Å². The highest BCUT2D eigenvalue weighted by atomic mass is 16.6. The van der Waals surface area contributed by atoms with E-state index in [1.165, 1.54) is 24.8 Å². The molecule has 3 nitrogen and oxygen atoms in total. The first-order valence-electron chi connectivity index (χ1n) is 6.31. The number of hydrogen-bond donors (Lipinski definition) is 1. The number of hydrogen-bond acceptors (Lipinski definition) is 3. The zero-order valence-electron chi connectivity index (χ0n) is 9.74. The fourth-order valence-corrected chi connectivity index (χ4v) is 3.55. The van der Waals surface area contributed by atoms with Crippen LogP contribution in [0.3, 0.4) is 0 Å². The summed E-state index contributed by atoms with van der Waals surface area (Å²) in [5.74, 6) is 0.297. The molecule has 0 aromatic heterocycles. The minimum absolute atomic E-state index is 0.119. The van der Waals surface area contributed by atoms with Crippen LogP contribution in [0.15, 0.2) is 11.6 Å². The van der Waals surface area contributed by atoms with Gasteiger partial charge in [0.05, 0.1) is 11.5 Å². The number of ether oxygens (including phenoxy) is 1. The summed E-state index contributed by atoms with van der Waals surface area (Å²) < 4.78 is 5.31. The molecule has 0 radical (unpaired) electrons. The highest BCUT2D eigenvalue weighted by Gasteiger charge is 2.55. The van der Waals surface area contributed by atoms with Crippen molar-refractivity contribution in [1.29, 1.82) is 0 Å². The molecule has 2 N–H and O–H groups in total. The molecule has 4 atom stereocenters. The van der Waals surface area contributed by atoms with Crippen LogP contribution in [-0.2, 0) is 9.53 Å². The molecule has 0 aromatic rings. The summed E-state index contributed by atoms with van der Waals surface area (Å²) in [4.78, 5) is 11.8. The van der Waals surface area contributed by atoms with E-state index < -0.39 is 5.54 Å². The van der Waals surface area contributed by atoms with Gasteiger partial charge < -0.3 is 10.5 Å². The number of allylic oxidation sites excluding steroid dienone is 1. The van der Waals surface area contributed by atoms with Gasteiger partial charge in [-0.3, -0.25) is 4.79 Å². The Hall–Kier alpha value is -0.830. The fourth-order valence-electron chi connectivity index (χ4n) is 3.55. The molecule has 0 spiro atoms. The molecule has 1 aliphatic heterocycles. The van der Waals surface area contributed by atoms with E-state index in [0.29, 0.717) is 5.92 Å². The van der Waals surface area contributed by atoms with Crippen molar-refractivity contribution in [2.24, 2.45) is 17.6 Å². The fraction of sp³-hybridized carbons (Fsp3) is 0.769. The molecule has 2 aliphatic carbocycles. The molecule has 1 heterocycles. The number of fused-ring (bicyclic) bond motifs is 2. The molecule has 16 heavy (non-hydrogen) atoms. The van der Waals surface area contributed by atoms with Crippen molar-refractivity contribution in [2.75, 3.05) is 0 Å². The van der Waals surface area contributed by atoms with Gasteiger partial charge in [-0.1, -0.05) is 18.1 Å². The summed E-state index contributed by atoms with van der Waals surface area (Å²) in [6.07, 6.45) is 7.86. The lowest BCUT2D eigenvalue weighted by atomic mass is 9.65. The van der Waals surface area contributed by atoms with Crippen molar-refractivity contribution >= 4 is 5.97 Å². The van der Waals surface area contributed by atoms with Gasteiger partial charge in [-0.25, -0.2) is 0 Å². The number of rotatable bonds is 0.